The summed E-state index contributed by atoms with van der Waals surface area (Å²) in [4.78, 5) is 13.2. The highest BCUT2D eigenvalue weighted by Gasteiger charge is 2.28. The summed E-state index contributed by atoms with van der Waals surface area (Å²) in [7, 11) is -3.37. The topological polar surface area (TPSA) is 78.2 Å². The van der Waals surface area contributed by atoms with Crippen molar-refractivity contribution in [1.82, 2.24) is 4.90 Å². The lowest BCUT2D eigenvalue weighted by Gasteiger charge is -2.24. The molecule has 0 saturated carbocycles. The Morgan fingerprint density at radius 3 is 2.25 bits per heavy atom. The zero-order valence-electron chi connectivity index (χ0n) is 10.1. The van der Waals surface area contributed by atoms with Crippen LogP contribution in [-0.4, -0.2) is 43.8 Å². The number of carbonyl (C=O) groups is 1. The molecule has 0 rings (SSSR count). The number of carbonyl (C=O) groups excluding carboxylic acids is 1. The van der Waals surface area contributed by atoms with Crippen LogP contribution in [-0.2, 0) is 14.6 Å². The number of rotatable bonds is 5. The Bertz CT molecular complexity index is 383. The van der Waals surface area contributed by atoms with Gasteiger partial charge in [-0.25, -0.2) is 8.42 Å². The molecule has 0 aliphatic rings. The minimum atomic E-state index is -3.37. The fourth-order valence-electron chi connectivity index (χ4n) is 1.19. The standard InChI is InChI=1S/C10H18N2O3S/c1-5-12(7-8(2)6-11)10(13)9(3)16(4,14)15/h8-9H,5,7H2,1-4H3. The first-order valence-electron chi connectivity index (χ1n) is 5.11. The molecule has 5 nitrogen and oxygen atoms in total. The molecule has 0 aromatic rings. The molecular formula is C10H18N2O3S. The van der Waals surface area contributed by atoms with E-state index in [0.717, 1.165) is 6.26 Å². The van der Waals surface area contributed by atoms with Crippen molar-refractivity contribution in [2.24, 2.45) is 5.92 Å². The van der Waals surface area contributed by atoms with E-state index in [-0.39, 0.29) is 12.5 Å². The highest BCUT2D eigenvalue weighted by Crippen LogP contribution is 2.06. The summed E-state index contributed by atoms with van der Waals surface area (Å²) in [5.41, 5.74) is 0. The van der Waals surface area contributed by atoms with E-state index in [9.17, 15) is 13.2 Å². The van der Waals surface area contributed by atoms with E-state index >= 15 is 0 Å². The molecule has 1 amide bonds. The number of nitriles is 1. The van der Waals surface area contributed by atoms with Crippen LogP contribution < -0.4 is 0 Å². The maximum Gasteiger partial charge on any atom is 0.240 e. The van der Waals surface area contributed by atoms with Crippen LogP contribution in [0.15, 0.2) is 0 Å². The number of amides is 1. The van der Waals surface area contributed by atoms with Gasteiger partial charge in [0.1, 0.15) is 5.25 Å². The first kappa shape index (κ1) is 14.9. The van der Waals surface area contributed by atoms with Gasteiger partial charge < -0.3 is 4.90 Å². The van der Waals surface area contributed by atoms with Gasteiger partial charge in [0.2, 0.25) is 5.91 Å². The average Bonchev–Trinajstić information content (AvgIpc) is 2.22. The van der Waals surface area contributed by atoms with Crippen molar-refractivity contribution < 1.29 is 13.2 Å². The van der Waals surface area contributed by atoms with Gasteiger partial charge in [0.15, 0.2) is 9.84 Å². The zero-order chi connectivity index (χ0) is 12.9. The maximum atomic E-state index is 11.8. The van der Waals surface area contributed by atoms with Crippen molar-refractivity contribution in [1.29, 1.82) is 5.26 Å². The third-order valence-electron chi connectivity index (χ3n) is 2.40. The predicted octanol–water partition coefficient (Wildman–Crippen LogP) is 0.428. The van der Waals surface area contributed by atoms with Crippen molar-refractivity contribution in [3.63, 3.8) is 0 Å². The van der Waals surface area contributed by atoms with Gasteiger partial charge >= 0.3 is 0 Å². The van der Waals surface area contributed by atoms with Gasteiger partial charge in [-0.2, -0.15) is 5.26 Å². The van der Waals surface area contributed by atoms with Crippen LogP contribution in [0, 0.1) is 17.2 Å². The summed E-state index contributed by atoms with van der Waals surface area (Å²) in [5, 5.41) is 7.61. The normalized spacial score (nSPS) is 14.9. The largest absolute Gasteiger partial charge is 0.341 e. The Labute approximate surface area is 97.0 Å². The molecule has 0 fully saturated rings. The Kier molecular flexibility index (Phi) is 5.45. The van der Waals surface area contributed by atoms with Gasteiger partial charge in [0.05, 0.1) is 12.0 Å². The molecule has 92 valence electrons. The first-order valence-corrected chi connectivity index (χ1v) is 7.06. The van der Waals surface area contributed by atoms with Crippen molar-refractivity contribution in [3.05, 3.63) is 0 Å². The second-order valence-electron chi connectivity index (χ2n) is 3.88. The average molecular weight is 246 g/mol. The van der Waals surface area contributed by atoms with Crippen LogP contribution in [0.5, 0.6) is 0 Å². The number of nitrogens with zero attached hydrogens (tertiary/aromatic N) is 2. The fraction of sp³-hybridized carbons (Fsp3) is 0.800. The number of hydrogen-bond donors (Lipinski definition) is 0. The minimum absolute atomic E-state index is 0.270. The molecule has 0 aliphatic heterocycles. The van der Waals surface area contributed by atoms with Gasteiger partial charge in [-0.15, -0.1) is 0 Å². The van der Waals surface area contributed by atoms with Crippen LogP contribution in [0.2, 0.25) is 0 Å². The van der Waals surface area contributed by atoms with Gasteiger partial charge in [-0.05, 0) is 20.8 Å². The van der Waals surface area contributed by atoms with Gasteiger partial charge in [0, 0.05) is 19.3 Å². The van der Waals surface area contributed by atoms with Gasteiger partial charge in [-0.3, -0.25) is 4.79 Å². The van der Waals surface area contributed by atoms with Crippen LogP contribution in [0.4, 0.5) is 0 Å². The maximum absolute atomic E-state index is 11.8. The molecule has 0 N–H and O–H groups in total. The third kappa shape index (κ3) is 4.19. The molecule has 6 heteroatoms. The van der Waals surface area contributed by atoms with E-state index in [1.165, 1.54) is 11.8 Å². The summed E-state index contributed by atoms with van der Waals surface area (Å²) < 4.78 is 22.5. The Hall–Kier alpha value is -1.09. The van der Waals surface area contributed by atoms with Crippen LogP contribution in [0.1, 0.15) is 20.8 Å². The molecule has 2 unspecified atom stereocenters. The lowest BCUT2D eigenvalue weighted by atomic mass is 10.2. The summed E-state index contributed by atoms with van der Waals surface area (Å²) >= 11 is 0. The van der Waals surface area contributed by atoms with Gasteiger partial charge in [-0.1, -0.05) is 0 Å². The van der Waals surface area contributed by atoms with Crippen LogP contribution in [0.3, 0.4) is 0 Å². The molecular weight excluding hydrogens is 228 g/mol. The summed E-state index contributed by atoms with van der Waals surface area (Å²) in [6, 6.07) is 2.02. The predicted molar refractivity (Wildman–Crippen MR) is 61.3 cm³/mol. The molecule has 0 heterocycles. The lowest BCUT2D eigenvalue weighted by Crippen LogP contribution is -2.42. The van der Waals surface area contributed by atoms with E-state index < -0.39 is 21.0 Å². The molecule has 0 radical (unpaired) electrons. The lowest BCUT2D eigenvalue weighted by molar-refractivity contribution is -0.130. The Balaban J connectivity index is 4.75. The third-order valence-corrected chi connectivity index (χ3v) is 3.88. The van der Waals surface area contributed by atoms with E-state index in [1.54, 1.807) is 13.8 Å². The van der Waals surface area contributed by atoms with Crippen LogP contribution in [0.25, 0.3) is 0 Å². The minimum Gasteiger partial charge on any atom is -0.341 e. The Morgan fingerprint density at radius 1 is 1.44 bits per heavy atom. The number of hydrogen-bond acceptors (Lipinski definition) is 4. The molecule has 0 aliphatic carbocycles. The second-order valence-corrected chi connectivity index (χ2v) is 6.24. The molecule has 0 bridgehead atoms. The molecule has 2 atom stereocenters. The SMILES string of the molecule is CCN(CC(C)C#N)C(=O)C(C)S(C)(=O)=O. The molecule has 0 spiro atoms. The Morgan fingerprint density at radius 2 is 1.94 bits per heavy atom. The summed E-state index contributed by atoms with van der Waals surface area (Å²) in [5.74, 6) is -0.734. The highest BCUT2D eigenvalue weighted by molar-refractivity contribution is 7.92. The van der Waals surface area contributed by atoms with Gasteiger partial charge in [0.25, 0.3) is 0 Å². The molecule has 0 saturated heterocycles. The van der Waals surface area contributed by atoms with E-state index in [1.807, 2.05) is 6.07 Å². The van der Waals surface area contributed by atoms with E-state index in [2.05, 4.69) is 0 Å². The van der Waals surface area contributed by atoms with E-state index in [4.69, 9.17) is 5.26 Å². The molecule has 16 heavy (non-hydrogen) atoms. The molecule has 0 aromatic heterocycles. The zero-order valence-corrected chi connectivity index (χ0v) is 10.9. The summed E-state index contributed by atoms with van der Waals surface area (Å²) in [6.45, 7) is 5.51. The van der Waals surface area contributed by atoms with Crippen LogP contribution >= 0.6 is 0 Å². The quantitative estimate of drug-likeness (QED) is 0.704. The summed E-state index contributed by atoms with van der Waals surface area (Å²) in [6.07, 6.45) is 1.04. The van der Waals surface area contributed by atoms with Crippen molar-refractivity contribution in [2.75, 3.05) is 19.3 Å². The van der Waals surface area contributed by atoms with Crippen molar-refractivity contribution in [3.8, 4) is 6.07 Å². The number of sulfone groups is 1. The first-order chi connectivity index (χ1) is 7.23. The smallest absolute Gasteiger partial charge is 0.240 e. The second kappa shape index (κ2) is 5.85. The van der Waals surface area contributed by atoms with Crippen molar-refractivity contribution in [2.45, 2.75) is 26.0 Å². The highest BCUT2D eigenvalue weighted by atomic mass is 32.2. The van der Waals surface area contributed by atoms with Crippen molar-refractivity contribution >= 4 is 15.7 Å². The van der Waals surface area contributed by atoms with E-state index in [0.29, 0.717) is 6.54 Å². The fourth-order valence-corrected chi connectivity index (χ4v) is 1.70. The molecule has 0 aromatic carbocycles. The monoisotopic (exact) mass is 246 g/mol.